The van der Waals surface area contributed by atoms with Crippen LogP contribution in [0.2, 0.25) is 5.02 Å². The Morgan fingerprint density at radius 3 is 2.49 bits per heavy atom. The van der Waals surface area contributed by atoms with Crippen LogP contribution in [0, 0.1) is 6.92 Å². The first-order valence-corrected chi connectivity index (χ1v) is 12.9. The molecule has 190 valence electrons. The molecule has 37 heavy (non-hydrogen) atoms. The minimum Gasteiger partial charge on any atom is -0.505 e. The number of carbonyl (C=O) groups excluding carboxylic acids is 1. The number of fused-ring (bicyclic) bond motifs is 1. The third-order valence-corrected chi connectivity index (χ3v) is 6.78. The van der Waals surface area contributed by atoms with Gasteiger partial charge < -0.3 is 15.2 Å². The van der Waals surface area contributed by atoms with Crippen molar-refractivity contribution in [3.8, 4) is 11.5 Å². The number of anilines is 1. The molecule has 3 N–H and O–H groups in total. The Morgan fingerprint density at radius 2 is 1.76 bits per heavy atom. The van der Waals surface area contributed by atoms with Crippen LogP contribution in [0.5, 0.6) is 11.5 Å². The molecule has 0 radical (unpaired) electrons. The molecular weight excluding hydrogens is 518 g/mol. The predicted octanol–water partition coefficient (Wildman–Crippen LogP) is 6.82. The van der Waals surface area contributed by atoms with Crippen molar-refractivity contribution in [2.75, 3.05) is 11.9 Å². The van der Waals surface area contributed by atoms with E-state index >= 15 is 0 Å². The number of carbonyl (C=O) groups is 1. The Hall–Kier alpha value is -3.99. The number of nitrogens with zero attached hydrogens (tertiary/aromatic N) is 2. The average molecular weight is 540 g/mol. The maximum atomic E-state index is 13.2. The van der Waals surface area contributed by atoms with Gasteiger partial charge in [-0.1, -0.05) is 48.0 Å². The molecule has 0 saturated carbocycles. The van der Waals surface area contributed by atoms with E-state index in [1.165, 1.54) is 12.1 Å². The van der Waals surface area contributed by atoms with Gasteiger partial charge in [-0.15, -0.1) is 5.11 Å². The first-order valence-electron chi connectivity index (χ1n) is 11.1. The fourth-order valence-corrected chi connectivity index (χ4v) is 4.77. The van der Waals surface area contributed by atoms with Crippen LogP contribution in [0.4, 0.5) is 17.1 Å². The summed E-state index contributed by atoms with van der Waals surface area (Å²) in [5.74, 6) is -0.491. The van der Waals surface area contributed by atoms with E-state index in [9.17, 15) is 22.9 Å². The number of phenolic OH excluding ortho intramolecular Hbond substituents is 1. The molecule has 4 aromatic rings. The van der Waals surface area contributed by atoms with Crippen LogP contribution in [-0.4, -0.2) is 30.6 Å². The lowest BCUT2D eigenvalue weighted by Gasteiger charge is -2.13. The zero-order valence-electron chi connectivity index (χ0n) is 19.8. The lowest BCUT2D eigenvalue weighted by molar-refractivity contribution is 0.102. The van der Waals surface area contributed by atoms with Gasteiger partial charge in [0.15, 0.2) is 5.75 Å². The minimum atomic E-state index is -4.52. The van der Waals surface area contributed by atoms with Gasteiger partial charge in [-0.3, -0.25) is 9.35 Å². The van der Waals surface area contributed by atoms with E-state index < -0.39 is 26.7 Å². The molecule has 0 aliphatic rings. The molecule has 0 aromatic heterocycles. The van der Waals surface area contributed by atoms with E-state index in [-0.39, 0.29) is 22.0 Å². The normalized spacial score (nSPS) is 11.7. The Labute approximate surface area is 218 Å². The quantitative estimate of drug-likeness (QED) is 0.174. The Kier molecular flexibility index (Phi) is 7.44. The van der Waals surface area contributed by atoms with Crippen molar-refractivity contribution in [1.82, 2.24) is 0 Å². The number of halogens is 1. The molecule has 0 aliphatic carbocycles. The summed E-state index contributed by atoms with van der Waals surface area (Å²) in [6.45, 7) is 3.81. The third kappa shape index (κ3) is 5.56. The largest absolute Gasteiger partial charge is 0.505 e. The van der Waals surface area contributed by atoms with Crippen LogP contribution < -0.4 is 10.1 Å². The van der Waals surface area contributed by atoms with E-state index in [2.05, 4.69) is 15.5 Å². The minimum absolute atomic E-state index is 0.0320. The number of azo groups is 1. The number of para-hydroxylation sites is 2. The molecule has 0 spiro atoms. The molecule has 0 bridgehead atoms. The van der Waals surface area contributed by atoms with Gasteiger partial charge in [-0.25, -0.2) is 0 Å². The number of phenols is 1. The zero-order valence-corrected chi connectivity index (χ0v) is 21.3. The number of hydrogen-bond acceptors (Lipinski definition) is 7. The first-order chi connectivity index (χ1) is 17.6. The maximum Gasteiger partial charge on any atom is 0.296 e. The second-order valence-corrected chi connectivity index (χ2v) is 9.77. The van der Waals surface area contributed by atoms with Crippen molar-refractivity contribution in [3.63, 3.8) is 0 Å². The van der Waals surface area contributed by atoms with Crippen molar-refractivity contribution >= 4 is 55.5 Å². The molecule has 0 unspecified atom stereocenters. The van der Waals surface area contributed by atoms with Crippen LogP contribution in [0.1, 0.15) is 22.8 Å². The lowest BCUT2D eigenvalue weighted by Crippen LogP contribution is -2.13. The molecule has 9 nitrogen and oxygen atoms in total. The van der Waals surface area contributed by atoms with Gasteiger partial charge in [0, 0.05) is 5.39 Å². The highest BCUT2D eigenvalue weighted by Gasteiger charge is 2.20. The van der Waals surface area contributed by atoms with Crippen LogP contribution >= 0.6 is 11.6 Å². The summed E-state index contributed by atoms with van der Waals surface area (Å²) < 4.78 is 37.9. The number of benzene rings is 4. The maximum absolute atomic E-state index is 13.2. The zero-order chi connectivity index (χ0) is 26.7. The van der Waals surface area contributed by atoms with Crippen molar-refractivity contribution in [3.05, 3.63) is 82.9 Å². The number of nitrogens with one attached hydrogen (secondary N) is 1. The second kappa shape index (κ2) is 10.6. The van der Waals surface area contributed by atoms with Gasteiger partial charge in [0.05, 0.1) is 28.6 Å². The summed E-state index contributed by atoms with van der Waals surface area (Å²) >= 11 is 6.02. The van der Waals surface area contributed by atoms with Crippen molar-refractivity contribution < 1.29 is 27.6 Å². The molecule has 0 aliphatic heterocycles. The summed E-state index contributed by atoms with van der Waals surface area (Å²) in [5, 5.41) is 23.1. The third-order valence-electron chi connectivity index (χ3n) is 5.46. The van der Waals surface area contributed by atoms with Crippen LogP contribution in [0.25, 0.3) is 10.8 Å². The Bertz CT molecular complexity index is 1650. The average Bonchev–Trinajstić information content (AvgIpc) is 2.85. The SMILES string of the molecule is CCOc1ccccc1NC(=O)c1cc2ccccc2c(N=Nc2cc(Cl)c(S(=O)(=O)O)cc2C)c1O. The summed E-state index contributed by atoms with van der Waals surface area (Å²) in [4.78, 5) is 12.7. The van der Waals surface area contributed by atoms with Gasteiger partial charge >= 0.3 is 0 Å². The number of amides is 1. The van der Waals surface area contributed by atoms with Crippen LogP contribution in [0.15, 0.2) is 81.9 Å². The Balaban J connectivity index is 1.78. The topological polar surface area (TPSA) is 138 Å². The highest BCUT2D eigenvalue weighted by atomic mass is 35.5. The standard InChI is InChI=1S/C26H22ClN3O6S/c1-3-36-22-11-7-6-10-20(22)28-26(32)18-13-16-8-4-5-9-17(16)24(25(18)31)30-29-21-14-19(27)23(12-15(21)2)37(33,34)35/h4-14,31H,3H2,1-2H3,(H,28,32)(H,33,34,35). The highest BCUT2D eigenvalue weighted by Crippen LogP contribution is 2.40. The summed E-state index contributed by atoms with van der Waals surface area (Å²) in [5.41, 5.74) is 1.02. The number of hydrogen-bond donors (Lipinski definition) is 3. The van der Waals surface area contributed by atoms with E-state index in [1.807, 2.05) is 6.92 Å². The molecule has 1 amide bonds. The molecule has 4 aromatic carbocycles. The monoisotopic (exact) mass is 539 g/mol. The summed E-state index contributed by atoms with van der Waals surface area (Å²) in [6.07, 6.45) is 0. The summed E-state index contributed by atoms with van der Waals surface area (Å²) in [6, 6.07) is 17.9. The lowest BCUT2D eigenvalue weighted by atomic mass is 10.0. The smallest absolute Gasteiger partial charge is 0.296 e. The molecule has 0 fully saturated rings. The van der Waals surface area contributed by atoms with Crippen molar-refractivity contribution in [2.45, 2.75) is 18.7 Å². The molecular formula is C26H22ClN3O6S. The first kappa shape index (κ1) is 26.1. The van der Waals surface area contributed by atoms with Crippen molar-refractivity contribution in [2.24, 2.45) is 10.2 Å². The predicted molar refractivity (Wildman–Crippen MR) is 141 cm³/mol. The number of ether oxygens (including phenoxy) is 1. The van der Waals surface area contributed by atoms with Gasteiger partial charge in [0.1, 0.15) is 16.3 Å². The van der Waals surface area contributed by atoms with E-state index in [1.54, 1.807) is 61.5 Å². The van der Waals surface area contributed by atoms with Gasteiger partial charge in [-0.05, 0) is 55.1 Å². The molecule has 11 heteroatoms. The van der Waals surface area contributed by atoms with Crippen LogP contribution in [0.3, 0.4) is 0 Å². The van der Waals surface area contributed by atoms with Gasteiger partial charge in [-0.2, -0.15) is 13.5 Å². The fraction of sp³-hybridized carbons (Fsp3) is 0.115. The molecule has 0 heterocycles. The van der Waals surface area contributed by atoms with E-state index in [0.29, 0.717) is 34.4 Å². The van der Waals surface area contributed by atoms with Gasteiger partial charge in [0.25, 0.3) is 16.0 Å². The van der Waals surface area contributed by atoms with E-state index in [4.69, 9.17) is 16.3 Å². The van der Waals surface area contributed by atoms with Crippen molar-refractivity contribution in [1.29, 1.82) is 0 Å². The number of aromatic hydroxyl groups is 1. The molecule has 4 rings (SSSR count). The van der Waals surface area contributed by atoms with Crippen LogP contribution in [-0.2, 0) is 10.1 Å². The number of rotatable bonds is 7. The second-order valence-electron chi connectivity index (χ2n) is 7.97. The van der Waals surface area contributed by atoms with Gasteiger partial charge in [0.2, 0.25) is 0 Å². The highest BCUT2D eigenvalue weighted by molar-refractivity contribution is 7.86. The molecule has 0 atom stereocenters. The molecule has 0 saturated heterocycles. The summed E-state index contributed by atoms with van der Waals surface area (Å²) in [7, 11) is -4.52. The fourth-order valence-electron chi connectivity index (χ4n) is 3.69. The number of aryl methyl sites for hydroxylation is 1. The Morgan fingerprint density at radius 1 is 1.05 bits per heavy atom. The van der Waals surface area contributed by atoms with E-state index in [0.717, 1.165) is 0 Å².